The van der Waals surface area contributed by atoms with Crippen LogP contribution in [0.4, 0.5) is 4.79 Å². The van der Waals surface area contributed by atoms with Crippen molar-refractivity contribution in [3.05, 3.63) is 0 Å². The first kappa shape index (κ1) is 16.9. The third-order valence-corrected chi connectivity index (χ3v) is 5.66. The van der Waals surface area contributed by atoms with Gasteiger partial charge in [-0.25, -0.2) is 0 Å². The zero-order valence-corrected chi connectivity index (χ0v) is 13.9. The van der Waals surface area contributed by atoms with Gasteiger partial charge in [0.15, 0.2) is 0 Å². The molecule has 0 saturated carbocycles. The molecule has 0 aromatic carbocycles. The Morgan fingerprint density at radius 3 is 2.29 bits per heavy atom. The van der Waals surface area contributed by atoms with Gasteiger partial charge in [-0.2, -0.15) is 0 Å². The zero-order chi connectivity index (χ0) is 12.9. The number of unbranched alkanes of at least 4 members (excludes halogenated alkanes) is 5. The molecular weight excluding hydrogens is 327 g/mol. The molecule has 0 aliphatic rings. The maximum absolute atomic E-state index is 11.5. The van der Waals surface area contributed by atoms with E-state index in [0.717, 1.165) is 19.3 Å². The van der Waals surface area contributed by atoms with Crippen LogP contribution in [0.15, 0.2) is 0 Å². The summed E-state index contributed by atoms with van der Waals surface area (Å²) in [6.07, 6.45) is 6.92. The van der Waals surface area contributed by atoms with E-state index in [1.165, 1.54) is 25.7 Å². The molecule has 0 radical (unpaired) electrons. The number of rotatable bonds is 10. The average Bonchev–Trinajstić information content (AvgIpc) is 2.31. The molecule has 0 heterocycles. The van der Waals surface area contributed by atoms with E-state index in [1.807, 2.05) is 6.92 Å². The summed E-state index contributed by atoms with van der Waals surface area (Å²) in [6, 6.07) is 0. The average molecular weight is 351 g/mol. The van der Waals surface area contributed by atoms with Crippen LogP contribution in [-0.2, 0) is 10.9 Å². The number of hydrogen-bond donors (Lipinski definition) is 0. The molecule has 0 fully saturated rings. The van der Waals surface area contributed by atoms with E-state index in [1.54, 1.807) is 0 Å². The Morgan fingerprint density at radius 1 is 1.00 bits per heavy atom. The summed E-state index contributed by atoms with van der Waals surface area (Å²) in [6.45, 7) is 4.42. The summed E-state index contributed by atoms with van der Waals surface area (Å²) in [7, 11) is 0. The molecule has 0 aromatic heterocycles. The molecular formula is C12H24O4Sn. The van der Waals surface area contributed by atoms with Crippen LogP contribution in [0.1, 0.15) is 58.8 Å². The minimum atomic E-state index is -3.13. The molecule has 0 unspecified atom stereocenters. The summed E-state index contributed by atoms with van der Waals surface area (Å²) < 4.78 is 21.5. The van der Waals surface area contributed by atoms with Gasteiger partial charge < -0.3 is 0 Å². The maximum atomic E-state index is 11.5. The Balaban J connectivity index is 3.36. The Hall–Kier alpha value is -0.131. The van der Waals surface area contributed by atoms with Crippen LogP contribution < -0.4 is 0 Å². The van der Waals surface area contributed by atoms with Crippen molar-refractivity contribution in [2.45, 2.75) is 63.2 Å². The quantitative estimate of drug-likeness (QED) is 0.341. The van der Waals surface area contributed by atoms with E-state index < -0.39 is 26.3 Å². The molecule has 4 nitrogen and oxygen atoms in total. The van der Waals surface area contributed by atoms with E-state index in [0.29, 0.717) is 11.0 Å². The van der Waals surface area contributed by atoms with Crippen molar-refractivity contribution < 1.29 is 15.7 Å². The van der Waals surface area contributed by atoms with Gasteiger partial charge in [-0.1, -0.05) is 0 Å². The second-order valence-corrected chi connectivity index (χ2v) is 8.22. The van der Waals surface area contributed by atoms with Crippen LogP contribution in [0.3, 0.4) is 0 Å². The van der Waals surface area contributed by atoms with Gasteiger partial charge in [0, 0.05) is 0 Å². The summed E-state index contributed by atoms with van der Waals surface area (Å²) in [4.78, 5) is 11.0. The fourth-order valence-corrected chi connectivity index (χ4v) is 3.94. The Bertz CT molecular complexity index is 219. The molecule has 0 aromatic rings. The van der Waals surface area contributed by atoms with Crippen molar-refractivity contribution in [2.24, 2.45) is 0 Å². The van der Waals surface area contributed by atoms with E-state index in [-0.39, 0.29) is 0 Å². The first-order valence-corrected chi connectivity index (χ1v) is 10.9. The molecule has 0 saturated heterocycles. The standard InChI is InChI=1S/C8H17.C4H8O3.O.Sn/c1-3-5-7-8-6-4-2;1-2-3-7-4(5)6;;/h1,3-8H2,2H3;2-3H2,1H3,(H,5,6);;/q;;;+1/p-1. The predicted octanol–water partition coefficient (Wildman–Crippen LogP) is 3.83. The van der Waals surface area contributed by atoms with Gasteiger partial charge in [0.1, 0.15) is 0 Å². The molecule has 0 spiro atoms. The normalized spacial score (nSPS) is 10.0. The molecule has 0 bridgehead atoms. The Labute approximate surface area is 112 Å². The Kier molecular flexibility index (Phi) is 12.2. The van der Waals surface area contributed by atoms with Crippen LogP contribution in [0.2, 0.25) is 4.44 Å². The monoisotopic (exact) mass is 352 g/mol. The number of hydrogen-bond acceptors (Lipinski definition) is 4. The van der Waals surface area contributed by atoms with Crippen molar-refractivity contribution in [3.63, 3.8) is 0 Å². The van der Waals surface area contributed by atoms with Gasteiger partial charge in [0.05, 0.1) is 0 Å². The fourth-order valence-electron chi connectivity index (χ4n) is 1.41. The van der Waals surface area contributed by atoms with Gasteiger partial charge in [-0.05, 0) is 0 Å². The van der Waals surface area contributed by atoms with Crippen molar-refractivity contribution in [3.8, 4) is 0 Å². The van der Waals surface area contributed by atoms with Crippen LogP contribution >= 0.6 is 0 Å². The molecule has 17 heavy (non-hydrogen) atoms. The third-order valence-electron chi connectivity index (χ3n) is 2.36. The van der Waals surface area contributed by atoms with Crippen LogP contribution in [0.5, 0.6) is 0 Å². The molecule has 100 valence electrons. The molecule has 0 aliphatic heterocycles. The summed E-state index contributed by atoms with van der Waals surface area (Å²) >= 11 is -3.13. The predicted molar refractivity (Wildman–Crippen MR) is 67.3 cm³/mol. The van der Waals surface area contributed by atoms with E-state index in [4.69, 9.17) is 7.81 Å². The molecule has 0 aliphatic carbocycles. The van der Waals surface area contributed by atoms with Crippen LogP contribution in [-0.4, -0.2) is 32.9 Å². The molecule has 0 N–H and O–H groups in total. The number of carbonyl (C=O) groups excluding carboxylic acids is 1. The third kappa shape index (κ3) is 12.1. The Morgan fingerprint density at radius 2 is 1.65 bits per heavy atom. The first-order valence-electron chi connectivity index (χ1n) is 6.58. The van der Waals surface area contributed by atoms with E-state index in [9.17, 15) is 7.87 Å². The topological polar surface area (TPSA) is 52.6 Å². The van der Waals surface area contributed by atoms with Gasteiger partial charge in [0.25, 0.3) is 0 Å². The molecule has 0 rings (SSSR count). The molecule has 5 heteroatoms. The van der Waals surface area contributed by atoms with Gasteiger partial charge in [-0.15, -0.1) is 0 Å². The SMILES string of the molecule is CCCCCCC[CH2][Sn](=[O])[O]C(=O)OCCC. The second-order valence-electron chi connectivity index (χ2n) is 4.09. The fraction of sp³-hybridized carbons (Fsp3) is 0.917. The van der Waals surface area contributed by atoms with E-state index in [2.05, 4.69) is 6.92 Å². The van der Waals surface area contributed by atoms with Gasteiger partial charge in [0.2, 0.25) is 0 Å². The van der Waals surface area contributed by atoms with Gasteiger partial charge >= 0.3 is 112 Å². The summed E-state index contributed by atoms with van der Waals surface area (Å²) in [5.74, 6) is 0. The van der Waals surface area contributed by atoms with Crippen molar-refractivity contribution >= 4 is 26.3 Å². The zero-order valence-electron chi connectivity index (χ0n) is 11.0. The second kappa shape index (κ2) is 12.3. The van der Waals surface area contributed by atoms with Crippen LogP contribution in [0, 0.1) is 0 Å². The van der Waals surface area contributed by atoms with Gasteiger partial charge in [-0.3, -0.25) is 0 Å². The first-order chi connectivity index (χ1) is 8.20. The summed E-state index contributed by atoms with van der Waals surface area (Å²) in [5, 5.41) is 0. The molecule has 0 amide bonds. The molecule has 0 atom stereocenters. The summed E-state index contributed by atoms with van der Waals surface area (Å²) in [5.41, 5.74) is 0. The van der Waals surface area contributed by atoms with Crippen molar-refractivity contribution in [2.75, 3.05) is 6.61 Å². The number of ether oxygens (including phenoxy) is 1. The number of carbonyl (C=O) groups is 1. The van der Waals surface area contributed by atoms with Crippen molar-refractivity contribution in [1.82, 2.24) is 0 Å². The van der Waals surface area contributed by atoms with Crippen LogP contribution in [0.25, 0.3) is 0 Å². The minimum absolute atomic E-state index is 0.340. The van der Waals surface area contributed by atoms with Crippen molar-refractivity contribution in [1.29, 1.82) is 0 Å². The van der Waals surface area contributed by atoms with E-state index >= 15 is 0 Å².